The van der Waals surface area contributed by atoms with Crippen molar-refractivity contribution >= 4 is 16.7 Å². The average molecular weight is 521 g/mol. The van der Waals surface area contributed by atoms with Crippen LogP contribution in [-0.4, -0.2) is 37.1 Å². The molecule has 0 bridgehead atoms. The Hall–Kier alpha value is -4.24. The minimum atomic E-state index is -1.03. The van der Waals surface area contributed by atoms with Crippen molar-refractivity contribution in [2.24, 2.45) is 0 Å². The van der Waals surface area contributed by atoms with Gasteiger partial charge in [-0.15, -0.1) is 0 Å². The second-order valence-electron chi connectivity index (χ2n) is 10.2. The van der Waals surface area contributed by atoms with Crippen LogP contribution in [0.4, 0.5) is 5.82 Å². The summed E-state index contributed by atoms with van der Waals surface area (Å²) in [7, 11) is 0. The topological polar surface area (TPSA) is 105 Å². The lowest BCUT2D eigenvalue weighted by Gasteiger charge is -2.24. The molecule has 0 radical (unpaired) electrons. The molecule has 5 rings (SSSR count). The number of ether oxygens (including phenoxy) is 1. The molecule has 0 aliphatic rings. The summed E-state index contributed by atoms with van der Waals surface area (Å²) in [6.45, 7) is 6.77. The first-order chi connectivity index (χ1) is 18.9. The van der Waals surface area contributed by atoms with Gasteiger partial charge in [-0.2, -0.15) is 0 Å². The minimum Gasteiger partial charge on any atom is -0.365 e. The lowest BCUT2D eigenvalue weighted by molar-refractivity contribution is -0.182. The number of fused-ring (bicyclic) bond motifs is 1. The molecule has 2 aromatic heterocycles. The van der Waals surface area contributed by atoms with Crippen molar-refractivity contribution in [1.29, 1.82) is 0 Å². The van der Waals surface area contributed by atoms with Crippen LogP contribution in [0.1, 0.15) is 31.9 Å². The Morgan fingerprint density at radius 2 is 1.49 bits per heavy atom. The van der Waals surface area contributed by atoms with Crippen molar-refractivity contribution in [1.82, 2.24) is 25.3 Å². The zero-order valence-electron chi connectivity index (χ0n) is 22.3. The smallest absolute Gasteiger partial charge is 0.214 e. The van der Waals surface area contributed by atoms with E-state index in [1.807, 2.05) is 63.2 Å². The maximum atomic E-state index is 10.0. The third-order valence-corrected chi connectivity index (χ3v) is 6.06. The Morgan fingerprint density at radius 1 is 0.795 bits per heavy atom. The number of aliphatic hydroxyl groups is 1. The summed E-state index contributed by atoms with van der Waals surface area (Å²) in [6, 6.07) is 24.6. The largest absolute Gasteiger partial charge is 0.365 e. The van der Waals surface area contributed by atoms with Gasteiger partial charge in [-0.05, 0) is 49.1 Å². The lowest BCUT2D eigenvalue weighted by Crippen LogP contribution is -2.37. The van der Waals surface area contributed by atoms with Crippen molar-refractivity contribution < 1.29 is 9.84 Å². The fraction of sp³-hybridized carbons (Fsp3) is 0.226. The van der Waals surface area contributed by atoms with Crippen LogP contribution in [0, 0.1) is 0 Å². The number of rotatable bonds is 9. The quantitative estimate of drug-likeness (QED) is 0.217. The summed E-state index contributed by atoms with van der Waals surface area (Å²) in [5.74, 6) is 1.31. The van der Waals surface area contributed by atoms with E-state index in [2.05, 4.69) is 50.9 Å². The Balaban J connectivity index is 1.40. The Labute approximate surface area is 228 Å². The highest BCUT2D eigenvalue weighted by atomic mass is 16.6. The second kappa shape index (κ2) is 11.7. The molecular formula is C31H32N6O2. The van der Waals surface area contributed by atoms with Crippen molar-refractivity contribution in [3.05, 3.63) is 103 Å². The van der Waals surface area contributed by atoms with Gasteiger partial charge < -0.3 is 15.2 Å². The molecular weight excluding hydrogens is 488 g/mol. The van der Waals surface area contributed by atoms with Crippen molar-refractivity contribution in [2.75, 3.05) is 5.32 Å². The zero-order chi connectivity index (χ0) is 27.2. The second-order valence-corrected chi connectivity index (χ2v) is 10.2. The van der Waals surface area contributed by atoms with E-state index in [-0.39, 0.29) is 0 Å². The summed E-state index contributed by atoms with van der Waals surface area (Å²) in [4.78, 5) is 18.0. The van der Waals surface area contributed by atoms with Gasteiger partial charge in [0, 0.05) is 25.5 Å². The van der Waals surface area contributed by atoms with E-state index < -0.39 is 12.0 Å². The molecule has 5 aromatic rings. The van der Waals surface area contributed by atoms with Gasteiger partial charge >= 0.3 is 0 Å². The van der Waals surface area contributed by atoms with E-state index in [0.29, 0.717) is 18.9 Å². The maximum Gasteiger partial charge on any atom is 0.214 e. The van der Waals surface area contributed by atoms with Crippen LogP contribution in [0.3, 0.4) is 0 Å². The number of hydrogen-bond acceptors (Lipinski definition) is 8. The normalized spacial score (nSPS) is 12.4. The average Bonchev–Trinajstić information content (AvgIpc) is 2.95. The molecule has 0 spiro atoms. The number of nitrogens with zero attached hydrogens (tertiary/aromatic N) is 4. The number of aliphatic hydroxyl groups excluding tert-OH is 1. The Bertz CT molecular complexity index is 1520. The third-order valence-electron chi connectivity index (χ3n) is 6.06. The number of anilines is 1. The van der Waals surface area contributed by atoms with Gasteiger partial charge in [-0.25, -0.2) is 19.9 Å². The van der Waals surface area contributed by atoms with Crippen molar-refractivity contribution in [3.8, 4) is 22.5 Å². The van der Waals surface area contributed by atoms with Gasteiger partial charge in [0.15, 0.2) is 5.82 Å². The van der Waals surface area contributed by atoms with Gasteiger partial charge in [0.2, 0.25) is 6.41 Å². The zero-order valence-corrected chi connectivity index (χ0v) is 22.3. The monoisotopic (exact) mass is 520 g/mol. The molecule has 0 saturated carbocycles. The van der Waals surface area contributed by atoms with Crippen LogP contribution in [0.2, 0.25) is 0 Å². The molecule has 198 valence electrons. The fourth-order valence-electron chi connectivity index (χ4n) is 4.26. The van der Waals surface area contributed by atoms with E-state index in [1.165, 1.54) is 6.33 Å². The number of aromatic nitrogens is 4. The number of hydrogen-bond donors (Lipinski definition) is 3. The van der Waals surface area contributed by atoms with Gasteiger partial charge in [-0.3, -0.25) is 5.32 Å². The molecule has 1 unspecified atom stereocenters. The fourth-order valence-corrected chi connectivity index (χ4v) is 4.26. The van der Waals surface area contributed by atoms with Crippen molar-refractivity contribution in [2.45, 2.75) is 45.9 Å². The van der Waals surface area contributed by atoms with Crippen LogP contribution in [0.25, 0.3) is 33.4 Å². The number of nitrogens with one attached hydrogen (secondary N) is 2. The molecule has 39 heavy (non-hydrogen) atoms. The molecule has 0 aliphatic heterocycles. The van der Waals surface area contributed by atoms with E-state index in [1.54, 1.807) is 12.4 Å². The molecule has 2 heterocycles. The Kier molecular flexibility index (Phi) is 7.88. The van der Waals surface area contributed by atoms with Crippen LogP contribution < -0.4 is 10.6 Å². The molecule has 8 heteroatoms. The van der Waals surface area contributed by atoms with Gasteiger partial charge in [0.1, 0.15) is 12.1 Å². The first-order valence-corrected chi connectivity index (χ1v) is 12.9. The first kappa shape index (κ1) is 26.4. The summed E-state index contributed by atoms with van der Waals surface area (Å²) in [5.41, 5.74) is 5.46. The predicted octanol–water partition coefficient (Wildman–Crippen LogP) is 5.55. The molecule has 0 amide bonds. The molecule has 1 atom stereocenters. The first-order valence-electron chi connectivity index (χ1n) is 12.9. The number of benzene rings is 3. The molecule has 3 N–H and O–H groups in total. The standard InChI is InChI=1S/C31H32N6O2/c1-31(2,3)39-30(38)35-17-22-14-12-21(13-15-22)16-34-29-27-25(23-8-5-4-6-9-23)10-7-11-26(27)36-28(37-29)24-18-32-20-33-19-24/h4-15,18-20,30,35,38H,16-17H2,1-3H3,(H,34,36,37). The summed E-state index contributed by atoms with van der Waals surface area (Å²) >= 11 is 0. The molecule has 3 aromatic carbocycles. The van der Waals surface area contributed by atoms with Crippen molar-refractivity contribution in [3.63, 3.8) is 0 Å². The van der Waals surface area contributed by atoms with Crippen LogP contribution in [0.15, 0.2) is 91.5 Å². The SMILES string of the molecule is CC(C)(C)OC(O)NCc1ccc(CNc2nc(-c3cncnc3)nc3cccc(-c4ccccc4)c23)cc1. The van der Waals surface area contributed by atoms with Gasteiger partial charge in [-0.1, -0.05) is 66.7 Å². The summed E-state index contributed by atoms with van der Waals surface area (Å²) in [6.07, 6.45) is 3.90. The highest BCUT2D eigenvalue weighted by molar-refractivity contribution is 6.02. The third kappa shape index (κ3) is 6.80. The van der Waals surface area contributed by atoms with Gasteiger partial charge in [0.05, 0.1) is 22.1 Å². The maximum absolute atomic E-state index is 10.0. The van der Waals surface area contributed by atoms with E-state index in [0.717, 1.165) is 44.5 Å². The highest BCUT2D eigenvalue weighted by Crippen LogP contribution is 2.34. The van der Waals surface area contributed by atoms with E-state index in [4.69, 9.17) is 14.7 Å². The van der Waals surface area contributed by atoms with E-state index >= 15 is 0 Å². The molecule has 0 aliphatic carbocycles. The predicted molar refractivity (Wildman–Crippen MR) is 153 cm³/mol. The minimum absolute atomic E-state index is 0.430. The Morgan fingerprint density at radius 3 is 2.18 bits per heavy atom. The van der Waals surface area contributed by atoms with Crippen LogP contribution in [-0.2, 0) is 17.8 Å². The van der Waals surface area contributed by atoms with Gasteiger partial charge in [0.25, 0.3) is 0 Å². The van der Waals surface area contributed by atoms with E-state index in [9.17, 15) is 5.11 Å². The summed E-state index contributed by atoms with van der Waals surface area (Å²) < 4.78 is 5.50. The summed E-state index contributed by atoms with van der Waals surface area (Å²) in [5, 5.41) is 17.5. The van der Waals surface area contributed by atoms with Crippen LogP contribution in [0.5, 0.6) is 0 Å². The highest BCUT2D eigenvalue weighted by Gasteiger charge is 2.16. The van der Waals surface area contributed by atoms with Crippen LogP contribution >= 0.6 is 0 Å². The molecule has 8 nitrogen and oxygen atoms in total. The molecule has 0 fully saturated rings. The molecule has 0 saturated heterocycles. The lowest BCUT2D eigenvalue weighted by atomic mass is 10.0.